The maximum Gasteiger partial charge on any atom is 0.321 e. The van der Waals surface area contributed by atoms with Crippen molar-refractivity contribution in [2.24, 2.45) is 7.05 Å². The van der Waals surface area contributed by atoms with Gasteiger partial charge in [0, 0.05) is 30.5 Å². The van der Waals surface area contributed by atoms with Crippen LogP contribution in [-0.4, -0.2) is 54.9 Å². The van der Waals surface area contributed by atoms with Crippen molar-refractivity contribution in [2.45, 2.75) is 20.3 Å². The van der Waals surface area contributed by atoms with Gasteiger partial charge in [0.15, 0.2) is 0 Å². The topological polar surface area (TPSA) is 105 Å². The summed E-state index contributed by atoms with van der Waals surface area (Å²) in [5.74, 6) is 0.549. The largest absolute Gasteiger partial charge is 0.327 e. The Balaban J connectivity index is 1.57. The molecule has 0 atom stereocenters. The monoisotopic (exact) mass is 354 g/mol. The molecule has 9 heteroatoms. The van der Waals surface area contributed by atoms with Gasteiger partial charge in [0.1, 0.15) is 0 Å². The lowest BCUT2D eigenvalue weighted by molar-refractivity contribution is 0.223. The second-order valence-electron chi connectivity index (χ2n) is 6.19. The second-order valence-corrected chi connectivity index (χ2v) is 6.19. The van der Waals surface area contributed by atoms with Crippen LogP contribution in [0.25, 0.3) is 11.4 Å². The lowest BCUT2D eigenvalue weighted by Gasteiger charge is -2.18. The van der Waals surface area contributed by atoms with Gasteiger partial charge in [-0.1, -0.05) is 0 Å². The van der Waals surface area contributed by atoms with E-state index < -0.39 is 0 Å². The number of aryl methyl sites for hydroxylation is 3. The number of benzene rings is 1. The molecule has 136 valence electrons. The quantitative estimate of drug-likeness (QED) is 0.728. The van der Waals surface area contributed by atoms with Crippen LogP contribution in [0.2, 0.25) is 0 Å². The first-order valence-corrected chi connectivity index (χ1v) is 8.31. The van der Waals surface area contributed by atoms with Crippen LogP contribution in [0.15, 0.2) is 24.3 Å². The number of amides is 2. The summed E-state index contributed by atoms with van der Waals surface area (Å²) < 4.78 is 0. The van der Waals surface area contributed by atoms with Crippen molar-refractivity contribution >= 4 is 11.7 Å². The molecule has 9 nitrogen and oxygen atoms in total. The molecule has 2 amide bonds. The minimum Gasteiger partial charge on any atom is -0.327 e. The number of hydrogen-bond donors (Lipinski definition) is 2. The van der Waals surface area contributed by atoms with Crippen LogP contribution in [0, 0.1) is 13.8 Å². The second kappa shape index (κ2) is 7.34. The summed E-state index contributed by atoms with van der Waals surface area (Å²) >= 11 is 0. The molecule has 2 heterocycles. The first-order valence-electron chi connectivity index (χ1n) is 8.31. The van der Waals surface area contributed by atoms with Crippen LogP contribution < -0.4 is 5.32 Å². The summed E-state index contributed by atoms with van der Waals surface area (Å²) in [7, 11) is 3.49. The average molecular weight is 354 g/mol. The Kier molecular flexibility index (Phi) is 4.97. The van der Waals surface area contributed by atoms with E-state index >= 15 is 0 Å². The van der Waals surface area contributed by atoms with Crippen LogP contribution >= 0.6 is 0 Å². The maximum atomic E-state index is 12.4. The highest BCUT2D eigenvalue weighted by atomic mass is 16.2. The number of likely N-dealkylation sites (N-methyl/N-ethyl adjacent to an activating group) is 1. The van der Waals surface area contributed by atoms with Crippen LogP contribution in [0.5, 0.6) is 0 Å². The van der Waals surface area contributed by atoms with E-state index in [-0.39, 0.29) is 6.03 Å². The summed E-state index contributed by atoms with van der Waals surface area (Å²) in [6, 6.07) is 7.19. The highest BCUT2D eigenvalue weighted by Gasteiger charge is 2.12. The number of nitrogens with zero attached hydrogens (tertiary/aromatic N) is 6. The van der Waals surface area contributed by atoms with Gasteiger partial charge >= 0.3 is 6.03 Å². The molecule has 0 fully saturated rings. The summed E-state index contributed by atoms with van der Waals surface area (Å²) in [4.78, 5) is 15.4. The predicted molar refractivity (Wildman–Crippen MR) is 97.6 cm³/mol. The Labute approximate surface area is 151 Å². The van der Waals surface area contributed by atoms with Crippen LogP contribution in [-0.2, 0) is 13.5 Å². The zero-order chi connectivity index (χ0) is 18.7. The zero-order valence-electron chi connectivity index (χ0n) is 15.3. The van der Waals surface area contributed by atoms with E-state index in [4.69, 9.17) is 0 Å². The van der Waals surface area contributed by atoms with Crippen molar-refractivity contribution in [3.63, 3.8) is 0 Å². The van der Waals surface area contributed by atoms with Crippen molar-refractivity contribution in [1.29, 1.82) is 0 Å². The Hall–Kier alpha value is -3.23. The molecule has 2 N–H and O–H groups in total. The molecule has 0 saturated carbocycles. The molecule has 0 aliphatic heterocycles. The van der Waals surface area contributed by atoms with Crippen molar-refractivity contribution in [2.75, 3.05) is 18.9 Å². The minimum atomic E-state index is -0.158. The van der Waals surface area contributed by atoms with E-state index in [1.807, 2.05) is 38.1 Å². The van der Waals surface area contributed by atoms with Crippen LogP contribution in [0.4, 0.5) is 10.5 Å². The van der Waals surface area contributed by atoms with E-state index in [0.29, 0.717) is 18.1 Å². The van der Waals surface area contributed by atoms with Gasteiger partial charge in [-0.2, -0.15) is 9.90 Å². The van der Waals surface area contributed by atoms with E-state index in [9.17, 15) is 4.79 Å². The molecule has 0 aliphatic carbocycles. The fraction of sp³-hybridized carbons (Fsp3) is 0.353. The van der Waals surface area contributed by atoms with E-state index in [2.05, 4.69) is 30.9 Å². The minimum absolute atomic E-state index is 0.158. The molecule has 0 saturated heterocycles. The number of tetrazole rings is 1. The SMILES string of the molecule is Cc1n[nH]c(C)c1CCN(C)C(=O)Nc1ccc(-c2nnn(C)n2)cc1. The highest BCUT2D eigenvalue weighted by Crippen LogP contribution is 2.17. The third kappa shape index (κ3) is 3.88. The summed E-state index contributed by atoms with van der Waals surface area (Å²) in [6.45, 7) is 4.56. The number of anilines is 1. The zero-order valence-corrected chi connectivity index (χ0v) is 15.3. The van der Waals surface area contributed by atoms with Crippen molar-refractivity contribution in [3.8, 4) is 11.4 Å². The number of aromatic nitrogens is 6. The fourth-order valence-corrected chi connectivity index (χ4v) is 2.64. The number of hydrogen-bond acceptors (Lipinski definition) is 5. The van der Waals surface area contributed by atoms with E-state index in [0.717, 1.165) is 28.9 Å². The van der Waals surface area contributed by atoms with Gasteiger partial charge in [-0.05, 0) is 55.3 Å². The summed E-state index contributed by atoms with van der Waals surface area (Å²) in [5.41, 5.74) is 4.74. The third-order valence-electron chi connectivity index (χ3n) is 4.23. The number of aromatic amines is 1. The third-order valence-corrected chi connectivity index (χ3v) is 4.23. The highest BCUT2D eigenvalue weighted by molar-refractivity contribution is 5.89. The first kappa shape index (κ1) is 17.6. The molecule has 26 heavy (non-hydrogen) atoms. The molecule has 1 aromatic carbocycles. The Morgan fingerprint density at radius 2 is 2.00 bits per heavy atom. The molecule has 0 unspecified atom stereocenters. The number of nitrogens with one attached hydrogen (secondary N) is 2. The summed E-state index contributed by atoms with van der Waals surface area (Å²) in [6.07, 6.45) is 0.759. The Morgan fingerprint density at radius 3 is 2.58 bits per heavy atom. The van der Waals surface area contributed by atoms with Crippen molar-refractivity contribution in [1.82, 2.24) is 35.3 Å². The number of rotatable bonds is 5. The van der Waals surface area contributed by atoms with Gasteiger partial charge in [-0.3, -0.25) is 5.10 Å². The first-order chi connectivity index (χ1) is 12.4. The molecule has 0 spiro atoms. The summed E-state index contributed by atoms with van der Waals surface area (Å²) in [5, 5.41) is 22.0. The maximum absolute atomic E-state index is 12.4. The lowest BCUT2D eigenvalue weighted by atomic mass is 10.1. The molecule has 2 aromatic heterocycles. The Morgan fingerprint density at radius 1 is 1.27 bits per heavy atom. The van der Waals surface area contributed by atoms with Crippen molar-refractivity contribution in [3.05, 3.63) is 41.2 Å². The van der Waals surface area contributed by atoms with Gasteiger partial charge in [0.2, 0.25) is 5.82 Å². The van der Waals surface area contributed by atoms with Gasteiger partial charge in [0.05, 0.1) is 12.7 Å². The van der Waals surface area contributed by atoms with E-state index in [1.165, 1.54) is 4.80 Å². The molecular weight excluding hydrogens is 332 g/mol. The Bertz CT molecular complexity index is 876. The van der Waals surface area contributed by atoms with Crippen LogP contribution in [0.1, 0.15) is 17.0 Å². The predicted octanol–water partition coefficient (Wildman–Crippen LogP) is 1.92. The smallest absolute Gasteiger partial charge is 0.321 e. The number of urea groups is 1. The number of carbonyl (C=O) groups excluding carboxylic acids is 1. The average Bonchev–Trinajstić information content (AvgIpc) is 3.19. The lowest BCUT2D eigenvalue weighted by Crippen LogP contribution is -2.33. The van der Waals surface area contributed by atoms with Gasteiger partial charge in [-0.25, -0.2) is 4.79 Å². The molecule has 3 rings (SSSR count). The van der Waals surface area contributed by atoms with Crippen molar-refractivity contribution < 1.29 is 4.79 Å². The van der Waals surface area contributed by atoms with Gasteiger partial charge in [0.25, 0.3) is 0 Å². The molecule has 0 radical (unpaired) electrons. The van der Waals surface area contributed by atoms with Crippen LogP contribution in [0.3, 0.4) is 0 Å². The normalized spacial score (nSPS) is 10.8. The number of H-pyrrole nitrogens is 1. The fourth-order valence-electron chi connectivity index (χ4n) is 2.64. The standard InChI is InChI=1S/C17H22N8O/c1-11-15(12(2)20-19-11)9-10-24(3)17(26)18-14-7-5-13(6-8-14)16-21-23-25(4)22-16/h5-8H,9-10H2,1-4H3,(H,18,26)(H,19,20). The van der Waals surface area contributed by atoms with Gasteiger partial charge < -0.3 is 10.2 Å². The molecule has 3 aromatic rings. The van der Waals surface area contributed by atoms with E-state index in [1.54, 1.807) is 19.0 Å². The number of carbonyl (C=O) groups is 1. The molecule has 0 aliphatic rings. The molecule has 0 bridgehead atoms. The molecular formula is C17H22N8O. The van der Waals surface area contributed by atoms with Gasteiger partial charge in [-0.15, -0.1) is 10.2 Å².